The van der Waals surface area contributed by atoms with Gasteiger partial charge in [0.05, 0.1) is 5.69 Å². The fourth-order valence-corrected chi connectivity index (χ4v) is 1.27. The number of pyridine rings is 1. The molecule has 0 aliphatic rings. The lowest BCUT2D eigenvalue weighted by molar-refractivity contribution is 0.300. The van der Waals surface area contributed by atoms with Crippen LogP contribution in [0.3, 0.4) is 0 Å². The van der Waals surface area contributed by atoms with E-state index in [1.54, 1.807) is 6.20 Å². The van der Waals surface area contributed by atoms with Gasteiger partial charge in [-0.25, -0.2) is 0 Å². The van der Waals surface area contributed by atoms with Gasteiger partial charge in [0, 0.05) is 6.20 Å². The molecule has 0 fully saturated rings. The van der Waals surface area contributed by atoms with Crippen molar-refractivity contribution in [2.75, 3.05) is 14.1 Å². The van der Waals surface area contributed by atoms with E-state index in [1.165, 1.54) is 0 Å². The van der Waals surface area contributed by atoms with Gasteiger partial charge in [-0.15, -0.1) is 0 Å². The van der Waals surface area contributed by atoms with Gasteiger partial charge in [-0.05, 0) is 26.2 Å². The molecule has 0 saturated carbocycles. The molecule has 3 N–H and O–H groups in total. The topological polar surface area (TPSA) is 74.7 Å². The van der Waals surface area contributed by atoms with Crippen molar-refractivity contribution in [1.82, 2.24) is 9.88 Å². The summed E-state index contributed by atoms with van der Waals surface area (Å²) in [4.78, 5) is 5.99. The standard InChI is InChI=1S/C9H14N4O/c1-13(2)8(9(10)12-14)7-5-3-4-6-11-7/h3-6,8,14H,1-2H3,(H2,10,12)/t8-/m1/s1. The molecule has 0 radical (unpaired) electrons. The molecule has 1 atom stereocenters. The van der Waals surface area contributed by atoms with Gasteiger partial charge in [0.2, 0.25) is 0 Å². The average molecular weight is 194 g/mol. The van der Waals surface area contributed by atoms with Crippen molar-refractivity contribution >= 4 is 5.84 Å². The number of hydrogen-bond donors (Lipinski definition) is 2. The van der Waals surface area contributed by atoms with Crippen molar-refractivity contribution in [2.45, 2.75) is 6.04 Å². The second kappa shape index (κ2) is 4.57. The van der Waals surface area contributed by atoms with Crippen molar-refractivity contribution in [1.29, 1.82) is 0 Å². The molecule has 0 aliphatic heterocycles. The summed E-state index contributed by atoms with van der Waals surface area (Å²) in [6.45, 7) is 0. The van der Waals surface area contributed by atoms with Crippen molar-refractivity contribution in [3.05, 3.63) is 30.1 Å². The van der Waals surface area contributed by atoms with E-state index in [0.717, 1.165) is 5.69 Å². The molecule has 0 aromatic carbocycles. The Bertz CT molecular complexity index is 310. The van der Waals surface area contributed by atoms with Crippen molar-refractivity contribution in [2.24, 2.45) is 10.9 Å². The Hall–Kier alpha value is -1.62. The number of hydrogen-bond acceptors (Lipinski definition) is 4. The number of likely N-dealkylation sites (N-methyl/N-ethyl adjacent to an activating group) is 1. The minimum atomic E-state index is -0.291. The van der Waals surface area contributed by atoms with Crippen LogP contribution in [0.1, 0.15) is 11.7 Å². The molecular formula is C9H14N4O. The quantitative estimate of drug-likeness (QED) is 0.317. The predicted octanol–water partition coefficient (Wildman–Crippen LogP) is 0.431. The van der Waals surface area contributed by atoms with Crippen LogP contribution < -0.4 is 5.73 Å². The monoisotopic (exact) mass is 194 g/mol. The average Bonchev–Trinajstić information content (AvgIpc) is 2.19. The van der Waals surface area contributed by atoms with Crippen LogP contribution in [-0.4, -0.2) is 35.0 Å². The number of oxime groups is 1. The van der Waals surface area contributed by atoms with Crippen LogP contribution in [0, 0.1) is 0 Å². The minimum absolute atomic E-state index is 0.133. The third kappa shape index (κ3) is 2.20. The molecule has 0 amide bonds. The van der Waals surface area contributed by atoms with E-state index in [9.17, 15) is 0 Å². The summed E-state index contributed by atoms with van der Waals surface area (Å²) in [6.07, 6.45) is 1.68. The second-order valence-electron chi connectivity index (χ2n) is 3.15. The van der Waals surface area contributed by atoms with Gasteiger partial charge in [-0.1, -0.05) is 11.2 Å². The first-order chi connectivity index (χ1) is 6.66. The summed E-state index contributed by atoms with van der Waals surface area (Å²) in [7, 11) is 3.69. The van der Waals surface area contributed by atoms with Crippen LogP contribution in [0.2, 0.25) is 0 Å². The molecule has 0 aliphatic carbocycles. The molecule has 0 unspecified atom stereocenters. The van der Waals surface area contributed by atoms with Gasteiger partial charge < -0.3 is 10.9 Å². The maximum Gasteiger partial charge on any atom is 0.162 e. The molecule has 0 spiro atoms. The number of rotatable bonds is 3. The first-order valence-corrected chi connectivity index (χ1v) is 4.21. The third-order valence-electron chi connectivity index (χ3n) is 1.88. The van der Waals surface area contributed by atoms with Gasteiger partial charge in [0.1, 0.15) is 6.04 Å². The highest BCUT2D eigenvalue weighted by Gasteiger charge is 2.19. The van der Waals surface area contributed by atoms with Gasteiger partial charge in [0.25, 0.3) is 0 Å². The van der Waals surface area contributed by atoms with Gasteiger partial charge >= 0.3 is 0 Å². The Labute approximate surface area is 82.9 Å². The summed E-state index contributed by atoms with van der Waals surface area (Å²) in [6, 6.07) is 5.23. The largest absolute Gasteiger partial charge is 0.409 e. The van der Waals surface area contributed by atoms with E-state index in [-0.39, 0.29) is 11.9 Å². The first kappa shape index (κ1) is 10.5. The smallest absolute Gasteiger partial charge is 0.162 e. The molecule has 5 heteroatoms. The Morgan fingerprint density at radius 2 is 2.29 bits per heavy atom. The summed E-state index contributed by atoms with van der Waals surface area (Å²) in [5.41, 5.74) is 6.33. The number of aromatic nitrogens is 1. The van der Waals surface area contributed by atoms with Gasteiger partial charge in [-0.2, -0.15) is 0 Å². The third-order valence-corrected chi connectivity index (χ3v) is 1.88. The van der Waals surface area contributed by atoms with Crippen LogP contribution in [0.5, 0.6) is 0 Å². The predicted molar refractivity (Wildman–Crippen MR) is 54.1 cm³/mol. The van der Waals surface area contributed by atoms with E-state index in [1.807, 2.05) is 37.2 Å². The number of nitrogens with zero attached hydrogens (tertiary/aromatic N) is 3. The summed E-state index contributed by atoms with van der Waals surface area (Å²) in [5.74, 6) is 0.133. The maximum atomic E-state index is 8.62. The van der Waals surface area contributed by atoms with E-state index in [4.69, 9.17) is 10.9 Å². The van der Waals surface area contributed by atoms with Crippen molar-refractivity contribution in [3.8, 4) is 0 Å². The minimum Gasteiger partial charge on any atom is -0.409 e. The molecule has 0 saturated heterocycles. The van der Waals surface area contributed by atoms with Crippen LogP contribution in [0.15, 0.2) is 29.6 Å². The highest BCUT2D eigenvalue weighted by Crippen LogP contribution is 2.14. The lowest BCUT2D eigenvalue weighted by atomic mass is 10.1. The molecular weight excluding hydrogens is 180 g/mol. The zero-order chi connectivity index (χ0) is 10.6. The molecule has 1 aromatic heterocycles. The number of nitrogens with two attached hydrogens (primary N) is 1. The maximum absolute atomic E-state index is 8.62. The van der Waals surface area contributed by atoms with Gasteiger partial charge in [-0.3, -0.25) is 9.88 Å². The second-order valence-corrected chi connectivity index (χ2v) is 3.15. The Morgan fingerprint density at radius 1 is 1.57 bits per heavy atom. The lowest BCUT2D eigenvalue weighted by Gasteiger charge is -2.21. The fourth-order valence-electron chi connectivity index (χ4n) is 1.27. The van der Waals surface area contributed by atoms with Gasteiger partial charge in [0.15, 0.2) is 5.84 Å². The zero-order valence-corrected chi connectivity index (χ0v) is 8.25. The van der Waals surface area contributed by atoms with E-state index >= 15 is 0 Å². The fraction of sp³-hybridized carbons (Fsp3) is 0.333. The highest BCUT2D eigenvalue weighted by atomic mass is 16.4. The van der Waals surface area contributed by atoms with E-state index in [0.29, 0.717) is 0 Å². The molecule has 0 bridgehead atoms. The molecule has 1 aromatic rings. The van der Waals surface area contributed by atoms with Crippen molar-refractivity contribution in [3.63, 3.8) is 0 Å². The molecule has 76 valence electrons. The van der Waals surface area contributed by atoms with Crippen molar-refractivity contribution < 1.29 is 5.21 Å². The van der Waals surface area contributed by atoms with Crippen LogP contribution in [-0.2, 0) is 0 Å². The van der Waals surface area contributed by atoms with Crippen LogP contribution in [0.4, 0.5) is 0 Å². The Morgan fingerprint density at radius 3 is 2.71 bits per heavy atom. The van der Waals surface area contributed by atoms with E-state index in [2.05, 4.69) is 10.1 Å². The Balaban J connectivity index is 3.01. The molecule has 5 nitrogen and oxygen atoms in total. The summed E-state index contributed by atoms with van der Waals surface area (Å²) >= 11 is 0. The first-order valence-electron chi connectivity index (χ1n) is 4.21. The lowest BCUT2D eigenvalue weighted by Crippen LogP contribution is -2.33. The van der Waals surface area contributed by atoms with E-state index < -0.39 is 0 Å². The molecule has 1 heterocycles. The zero-order valence-electron chi connectivity index (χ0n) is 8.25. The molecule has 14 heavy (non-hydrogen) atoms. The number of amidine groups is 1. The normalized spacial score (nSPS) is 14.4. The van der Waals surface area contributed by atoms with Crippen LogP contribution >= 0.6 is 0 Å². The molecule has 1 rings (SSSR count). The summed E-state index contributed by atoms with van der Waals surface area (Å²) in [5, 5.41) is 11.6. The van der Waals surface area contributed by atoms with Crippen LogP contribution in [0.25, 0.3) is 0 Å². The SMILES string of the molecule is CN(C)[C@@H](C(N)=NO)c1ccccn1. The Kier molecular flexibility index (Phi) is 3.41. The summed E-state index contributed by atoms with van der Waals surface area (Å²) < 4.78 is 0. The highest BCUT2D eigenvalue weighted by molar-refractivity contribution is 5.85.